The van der Waals surface area contributed by atoms with Gasteiger partial charge < -0.3 is 4.90 Å². The third-order valence-corrected chi connectivity index (χ3v) is 15.2. The lowest BCUT2D eigenvalue weighted by Gasteiger charge is -2.37. The molecule has 0 unspecified atom stereocenters. The van der Waals surface area contributed by atoms with Crippen LogP contribution in [0.3, 0.4) is 0 Å². The van der Waals surface area contributed by atoms with Crippen molar-refractivity contribution < 1.29 is 0 Å². The van der Waals surface area contributed by atoms with Crippen LogP contribution in [-0.4, -0.2) is 0 Å². The van der Waals surface area contributed by atoms with Crippen LogP contribution < -0.4 is 4.90 Å². The van der Waals surface area contributed by atoms with E-state index in [1.165, 1.54) is 89.0 Å². The minimum absolute atomic E-state index is 0.111. The van der Waals surface area contributed by atoms with E-state index < -0.39 is 10.8 Å². The summed E-state index contributed by atoms with van der Waals surface area (Å²) in [6.07, 6.45) is 0. The molecule has 0 saturated carbocycles. The van der Waals surface area contributed by atoms with Crippen molar-refractivity contribution in [1.29, 1.82) is 0 Å². The van der Waals surface area contributed by atoms with Crippen molar-refractivity contribution in [3.05, 3.63) is 304 Å². The molecule has 312 valence electrons. The Kier molecular flexibility index (Phi) is 8.45. The predicted molar refractivity (Wildman–Crippen MR) is 273 cm³/mol. The van der Waals surface area contributed by atoms with Gasteiger partial charge in [-0.25, -0.2) is 0 Å². The van der Waals surface area contributed by atoms with Crippen LogP contribution >= 0.6 is 0 Å². The fourth-order valence-corrected chi connectivity index (χ4v) is 12.4. The van der Waals surface area contributed by atoms with E-state index in [-0.39, 0.29) is 5.41 Å². The predicted octanol–water partition coefficient (Wildman–Crippen LogP) is 16.2. The van der Waals surface area contributed by atoms with Crippen LogP contribution in [0.1, 0.15) is 69.5 Å². The SMILES string of the molecule is CC1(C)c2ccccc2-c2ccc(N(c3ccccc3)c3ccc(C4(c5ccc6c(c5)C(c5ccccc5)(c5ccccc5)c5ccccc5-6)c5ccccc5-c5ccccc54)cc3)cc21. The normalized spacial score (nSPS) is 14.9. The van der Waals surface area contributed by atoms with Gasteiger partial charge >= 0.3 is 0 Å². The average Bonchev–Trinajstić information content (AvgIpc) is 3.94. The third kappa shape index (κ3) is 5.23. The molecule has 13 rings (SSSR count). The summed E-state index contributed by atoms with van der Waals surface area (Å²) < 4.78 is 0. The zero-order chi connectivity index (χ0) is 44.0. The number of nitrogens with zero attached hydrogens (tertiary/aromatic N) is 1. The summed E-state index contributed by atoms with van der Waals surface area (Å²) in [5, 5.41) is 0. The highest BCUT2D eigenvalue weighted by molar-refractivity contribution is 5.91. The van der Waals surface area contributed by atoms with E-state index in [9.17, 15) is 0 Å². The molecule has 10 aromatic carbocycles. The monoisotopic (exact) mass is 841 g/mol. The van der Waals surface area contributed by atoms with E-state index in [0.717, 1.165) is 17.1 Å². The second kappa shape index (κ2) is 14.5. The van der Waals surface area contributed by atoms with E-state index in [1.807, 2.05) is 0 Å². The first-order chi connectivity index (χ1) is 32.5. The van der Waals surface area contributed by atoms with E-state index in [1.54, 1.807) is 0 Å². The van der Waals surface area contributed by atoms with E-state index >= 15 is 0 Å². The Bertz CT molecular complexity index is 3410. The number of anilines is 3. The summed E-state index contributed by atoms with van der Waals surface area (Å²) in [5.74, 6) is 0. The Morgan fingerprint density at radius 3 is 1.14 bits per heavy atom. The third-order valence-electron chi connectivity index (χ3n) is 15.2. The van der Waals surface area contributed by atoms with Crippen molar-refractivity contribution in [3.8, 4) is 33.4 Å². The zero-order valence-corrected chi connectivity index (χ0v) is 37.1. The summed E-state index contributed by atoms with van der Waals surface area (Å²) in [6.45, 7) is 4.72. The smallest absolute Gasteiger partial charge is 0.0713 e. The topological polar surface area (TPSA) is 3.24 Å². The molecule has 0 aliphatic heterocycles. The molecule has 0 radical (unpaired) electrons. The molecule has 66 heavy (non-hydrogen) atoms. The lowest BCUT2D eigenvalue weighted by Crippen LogP contribution is -2.31. The summed E-state index contributed by atoms with van der Waals surface area (Å²) in [6, 6.07) is 93.3. The largest absolute Gasteiger partial charge is 0.310 e. The maximum Gasteiger partial charge on any atom is 0.0713 e. The molecular weight excluding hydrogens is 795 g/mol. The van der Waals surface area contributed by atoms with Gasteiger partial charge in [-0.1, -0.05) is 226 Å². The van der Waals surface area contributed by atoms with Crippen LogP contribution in [0, 0.1) is 0 Å². The molecule has 0 fully saturated rings. The Labute approximate surface area is 388 Å². The summed E-state index contributed by atoms with van der Waals surface area (Å²) in [7, 11) is 0. The Morgan fingerprint density at radius 1 is 0.242 bits per heavy atom. The first kappa shape index (κ1) is 38.5. The molecule has 3 aliphatic carbocycles. The van der Waals surface area contributed by atoms with Gasteiger partial charge in [0.15, 0.2) is 0 Å². The quantitative estimate of drug-likeness (QED) is 0.155. The summed E-state index contributed by atoms with van der Waals surface area (Å²) in [5.41, 5.74) is 23.0. The van der Waals surface area contributed by atoms with E-state index in [2.05, 4.69) is 267 Å². The van der Waals surface area contributed by atoms with Crippen LogP contribution in [-0.2, 0) is 16.2 Å². The molecule has 0 spiro atoms. The molecule has 0 heterocycles. The molecule has 1 nitrogen and oxygen atoms in total. The first-order valence-corrected chi connectivity index (χ1v) is 23.3. The minimum Gasteiger partial charge on any atom is -0.310 e. The minimum atomic E-state index is -0.602. The molecule has 1 heteroatoms. The highest BCUT2D eigenvalue weighted by Crippen LogP contribution is 2.61. The molecule has 0 N–H and O–H groups in total. The fourth-order valence-electron chi connectivity index (χ4n) is 12.4. The number of hydrogen-bond donors (Lipinski definition) is 0. The molecular formula is C65H47N. The number of benzene rings is 10. The second-order valence-corrected chi connectivity index (χ2v) is 18.7. The van der Waals surface area contributed by atoms with Crippen molar-refractivity contribution in [1.82, 2.24) is 0 Å². The lowest BCUT2D eigenvalue weighted by molar-refractivity contribution is 0.660. The van der Waals surface area contributed by atoms with Crippen LogP contribution in [0.5, 0.6) is 0 Å². The Balaban J connectivity index is 1.04. The van der Waals surface area contributed by atoms with Gasteiger partial charge in [0.25, 0.3) is 0 Å². The molecule has 10 aromatic rings. The zero-order valence-electron chi connectivity index (χ0n) is 37.1. The van der Waals surface area contributed by atoms with E-state index in [0.29, 0.717) is 0 Å². The molecule has 0 aromatic heterocycles. The van der Waals surface area contributed by atoms with Gasteiger partial charge in [-0.15, -0.1) is 0 Å². The average molecular weight is 842 g/mol. The van der Waals surface area contributed by atoms with Gasteiger partial charge in [-0.2, -0.15) is 0 Å². The number of para-hydroxylation sites is 1. The van der Waals surface area contributed by atoms with Crippen LogP contribution in [0.2, 0.25) is 0 Å². The number of rotatable bonds is 7. The molecule has 3 aliphatic rings. The number of hydrogen-bond acceptors (Lipinski definition) is 1. The van der Waals surface area contributed by atoms with Crippen molar-refractivity contribution in [2.24, 2.45) is 0 Å². The van der Waals surface area contributed by atoms with Crippen molar-refractivity contribution >= 4 is 17.1 Å². The van der Waals surface area contributed by atoms with Crippen LogP contribution in [0.4, 0.5) is 17.1 Å². The van der Waals surface area contributed by atoms with E-state index in [4.69, 9.17) is 0 Å². The maximum absolute atomic E-state index is 2.57. The maximum atomic E-state index is 2.57. The van der Waals surface area contributed by atoms with Gasteiger partial charge in [-0.05, 0) is 125 Å². The molecule has 0 amide bonds. The van der Waals surface area contributed by atoms with Gasteiger partial charge in [0.1, 0.15) is 0 Å². The molecule has 0 saturated heterocycles. The number of fused-ring (bicyclic) bond motifs is 9. The summed E-state index contributed by atoms with van der Waals surface area (Å²) in [4.78, 5) is 2.42. The summed E-state index contributed by atoms with van der Waals surface area (Å²) >= 11 is 0. The first-order valence-electron chi connectivity index (χ1n) is 23.3. The lowest BCUT2D eigenvalue weighted by atomic mass is 9.64. The van der Waals surface area contributed by atoms with Gasteiger partial charge in [-0.3, -0.25) is 0 Å². The van der Waals surface area contributed by atoms with Gasteiger partial charge in [0.2, 0.25) is 0 Å². The van der Waals surface area contributed by atoms with Crippen LogP contribution in [0.15, 0.2) is 249 Å². The molecule has 0 atom stereocenters. The molecule has 0 bridgehead atoms. The van der Waals surface area contributed by atoms with Gasteiger partial charge in [0.05, 0.1) is 10.8 Å². The second-order valence-electron chi connectivity index (χ2n) is 18.7. The van der Waals surface area contributed by atoms with Crippen molar-refractivity contribution in [2.45, 2.75) is 30.1 Å². The Hall–Kier alpha value is -8.00. The van der Waals surface area contributed by atoms with Crippen molar-refractivity contribution in [3.63, 3.8) is 0 Å². The fraction of sp³-hybridized carbons (Fsp3) is 0.0769. The van der Waals surface area contributed by atoms with Gasteiger partial charge in [0, 0.05) is 22.5 Å². The van der Waals surface area contributed by atoms with Crippen LogP contribution in [0.25, 0.3) is 33.4 Å². The highest BCUT2D eigenvalue weighted by atomic mass is 15.1. The van der Waals surface area contributed by atoms with Crippen molar-refractivity contribution in [2.75, 3.05) is 4.90 Å². The standard InChI is InChI=1S/C65H47N/c1-63(2)57-30-16-12-26-51(57)55-41-39-50(43-61(55)63)66(48-24-10-5-11-25-48)49-37-34-46(35-38-49)65(59-32-18-13-27-52(59)53-28-14-19-33-60(53)65)47-36-40-56-54-29-15-17-31-58(54)64(62(56)42-47,44-20-6-3-7-21-44)45-22-8-4-9-23-45/h3-43H,1-2H3. The highest BCUT2D eigenvalue weighted by Gasteiger charge is 2.50. The Morgan fingerprint density at radius 2 is 0.591 bits per heavy atom.